The summed E-state index contributed by atoms with van der Waals surface area (Å²) in [6.07, 6.45) is 0.822. The fraction of sp³-hybridized carbons (Fsp3) is 0.235. The first-order valence-electron chi connectivity index (χ1n) is 7.06. The van der Waals surface area contributed by atoms with Crippen LogP contribution in [0.4, 0.5) is 10.1 Å². The summed E-state index contributed by atoms with van der Waals surface area (Å²) in [5, 5.41) is 2.59. The fourth-order valence-electron chi connectivity index (χ4n) is 2.29. The zero-order valence-electron chi connectivity index (χ0n) is 12.2. The van der Waals surface area contributed by atoms with Gasteiger partial charge in [-0.15, -0.1) is 0 Å². The molecule has 0 fully saturated rings. The van der Waals surface area contributed by atoms with Gasteiger partial charge in [0, 0.05) is 6.42 Å². The number of ether oxygens (including phenoxy) is 2. The normalized spacial score (nSPS) is 12.3. The molecular formula is C17H16FNO3. The van der Waals surface area contributed by atoms with Gasteiger partial charge in [0.15, 0.2) is 11.5 Å². The first kappa shape index (κ1) is 14.4. The summed E-state index contributed by atoms with van der Waals surface area (Å²) in [6, 6.07) is 10.3. The topological polar surface area (TPSA) is 47.6 Å². The van der Waals surface area contributed by atoms with Crippen molar-refractivity contribution in [2.75, 3.05) is 12.1 Å². The number of fused-ring (bicyclic) bond motifs is 1. The Balaban J connectivity index is 1.58. The van der Waals surface area contributed by atoms with E-state index in [0.717, 1.165) is 16.9 Å². The maximum absolute atomic E-state index is 13.7. The lowest BCUT2D eigenvalue weighted by molar-refractivity contribution is -0.116. The molecule has 1 heterocycles. The fourth-order valence-corrected chi connectivity index (χ4v) is 2.29. The standard InChI is InChI=1S/C17H16FNO3/c1-11-2-5-14(13(18)8-11)19-17(20)7-4-12-3-6-15-16(9-12)22-10-21-15/h2-3,5-6,8-9H,4,7,10H2,1H3,(H,19,20). The lowest BCUT2D eigenvalue weighted by Gasteiger charge is -2.07. The Morgan fingerprint density at radius 1 is 1.18 bits per heavy atom. The minimum absolute atomic E-state index is 0.210. The lowest BCUT2D eigenvalue weighted by atomic mass is 10.1. The number of amides is 1. The van der Waals surface area contributed by atoms with Crippen LogP contribution in [-0.2, 0) is 11.2 Å². The molecule has 4 nitrogen and oxygen atoms in total. The maximum atomic E-state index is 13.7. The van der Waals surface area contributed by atoms with Crippen molar-refractivity contribution in [1.29, 1.82) is 0 Å². The van der Waals surface area contributed by atoms with Gasteiger partial charge in [-0.1, -0.05) is 12.1 Å². The Hall–Kier alpha value is -2.56. The summed E-state index contributed by atoms with van der Waals surface area (Å²) in [5.41, 5.74) is 2.00. The SMILES string of the molecule is Cc1ccc(NC(=O)CCc2ccc3c(c2)OCO3)c(F)c1. The van der Waals surface area contributed by atoms with E-state index in [9.17, 15) is 9.18 Å². The molecule has 1 amide bonds. The average molecular weight is 301 g/mol. The van der Waals surface area contributed by atoms with E-state index in [1.165, 1.54) is 6.07 Å². The van der Waals surface area contributed by atoms with Crippen LogP contribution in [0.2, 0.25) is 0 Å². The van der Waals surface area contributed by atoms with Crippen molar-refractivity contribution in [2.24, 2.45) is 0 Å². The van der Waals surface area contributed by atoms with Crippen LogP contribution in [0.1, 0.15) is 17.5 Å². The van der Waals surface area contributed by atoms with Crippen molar-refractivity contribution in [3.8, 4) is 11.5 Å². The van der Waals surface area contributed by atoms with E-state index < -0.39 is 5.82 Å². The molecule has 0 saturated heterocycles. The quantitative estimate of drug-likeness (QED) is 0.941. The Morgan fingerprint density at radius 2 is 2.00 bits per heavy atom. The van der Waals surface area contributed by atoms with Gasteiger partial charge in [0.05, 0.1) is 5.69 Å². The Morgan fingerprint density at radius 3 is 2.82 bits per heavy atom. The van der Waals surface area contributed by atoms with Crippen molar-refractivity contribution in [3.05, 3.63) is 53.3 Å². The largest absolute Gasteiger partial charge is 0.454 e. The van der Waals surface area contributed by atoms with Gasteiger partial charge in [0.1, 0.15) is 5.82 Å². The first-order valence-corrected chi connectivity index (χ1v) is 7.06. The Kier molecular flexibility index (Phi) is 3.96. The van der Waals surface area contributed by atoms with Crippen LogP contribution in [0.25, 0.3) is 0 Å². The molecule has 0 unspecified atom stereocenters. The van der Waals surface area contributed by atoms with Gasteiger partial charge >= 0.3 is 0 Å². The molecule has 1 aliphatic heterocycles. The highest BCUT2D eigenvalue weighted by Gasteiger charge is 2.14. The van der Waals surface area contributed by atoms with Crippen LogP contribution in [-0.4, -0.2) is 12.7 Å². The molecule has 3 rings (SSSR count). The predicted molar refractivity (Wildman–Crippen MR) is 80.7 cm³/mol. The molecule has 2 aromatic rings. The van der Waals surface area contributed by atoms with Gasteiger partial charge in [-0.25, -0.2) is 4.39 Å². The number of benzene rings is 2. The monoisotopic (exact) mass is 301 g/mol. The third kappa shape index (κ3) is 3.19. The molecule has 5 heteroatoms. The molecule has 114 valence electrons. The van der Waals surface area contributed by atoms with Crippen molar-refractivity contribution in [1.82, 2.24) is 0 Å². The van der Waals surface area contributed by atoms with Crippen LogP contribution in [0.15, 0.2) is 36.4 Å². The van der Waals surface area contributed by atoms with E-state index in [4.69, 9.17) is 9.47 Å². The van der Waals surface area contributed by atoms with Crippen LogP contribution in [0.5, 0.6) is 11.5 Å². The third-order valence-electron chi connectivity index (χ3n) is 3.48. The zero-order valence-corrected chi connectivity index (χ0v) is 12.2. The molecule has 0 aliphatic carbocycles. The van der Waals surface area contributed by atoms with E-state index >= 15 is 0 Å². The van der Waals surface area contributed by atoms with Gasteiger partial charge in [-0.2, -0.15) is 0 Å². The number of hydrogen-bond donors (Lipinski definition) is 1. The van der Waals surface area contributed by atoms with Gasteiger partial charge in [0.25, 0.3) is 0 Å². The second-order valence-corrected chi connectivity index (χ2v) is 5.22. The van der Waals surface area contributed by atoms with Gasteiger partial charge in [0.2, 0.25) is 12.7 Å². The van der Waals surface area contributed by atoms with Crippen molar-refractivity contribution in [2.45, 2.75) is 19.8 Å². The van der Waals surface area contributed by atoms with Gasteiger partial charge < -0.3 is 14.8 Å². The number of anilines is 1. The number of carbonyl (C=O) groups is 1. The molecule has 0 spiro atoms. The summed E-state index contributed by atoms with van der Waals surface area (Å²) < 4.78 is 24.2. The third-order valence-corrected chi connectivity index (χ3v) is 3.48. The molecule has 0 radical (unpaired) electrons. The van der Waals surface area contributed by atoms with Crippen LogP contribution in [0.3, 0.4) is 0 Å². The van der Waals surface area contributed by atoms with Crippen molar-refractivity contribution < 1.29 is 18.7 Å². The second-order valence-electron chi connectivity index (χ2n) is 5.22. The summed E-state index contributed by atoms with van der Waals surface area (Å²) >= 11 is 0. The summed E-state index contributed by atoms with van der Waals surface area (Å²) in [6.45, 7) is 2.03. The molecule has 0 atom stereocenters. The van der Waals surface area contributed by atoms with E-state index in [1.807, 2.05) is 18.2 Å². The lowest BCUT2D eigenvalue weighted by Crippen LogP contribution is -2.13. The highest BCUT2D eigenvalue weighted by molar-refractivity contribution is 5.91. The molecule has 2 aromatic carbocycles. The van der Waals surface area contributed by atoms with Crippen molar-refractivity contribution >= 4 is 11.6 Å². The predicted octanol–water partition coefficient (Wildman–Crippen LogP) is 3.43. The Labute approximate surface area is 127 Å². The molecule has 0 bridgehead atoms. The molecule has 1 aliphatic rings. The van der Waals surface area contributed by atoms with Crippen LogP contribution >= 0.6 is 0 Å². The molecule has 0 saturated carbocycles. The van der Waals surface area contributed by atoms with E-state index in [0.29, 0.717) is 12.2 Å². The smallest absolute Gasteiger partial charge is 0.231 e. The number of hydrogen-bond acceptors (Lipinski definition) is 3. The molecule has 22 heavy (non-hydrogen) atoms. The first-order chi connectivity index (χ1) is 10.6. The minimum atomic E-state index is -0.420. The van der Waals surface area contributed by atoms with E-state index in [2.05, 4.69) is 5.32 Å². The van der Waals surface area contributed by atoms with Crippen LogP contribution in [0, 0.1) is 12.7 Å². The maximum Gasteiger partial charge on any atom is 0.231 e. The van der Waals surface area contributed by atoms with Gasteiger partial charge in [-0.05, 0) is 48.7 Å². The average Bonchev–Trinajstić information content (AvgIpc) is 2.95. The zero-order chi connectivity index (χ0) is 15.5. The molecule has 1 N–H and O–H groups in total. The number of aryl methyl sites for hydroxylation is 2. The minimum Gasteiger partial charge on any atom is -0.454 e. The van der Waals surface area contributed by atoms with Crippen molar-refractivity contribution in [3.63, 3.8) is 0 Å². The number of halogens is 1. The molecule has 0 aromatic heterocycles. The Bertz CT molecular complexity index is 715. The van der Waals surface area contributed by atoms with Gasteiger partial charge in [-0.3, -0.25) is 4.79 Å². The summed E-state index contributed by atoms with van der Waals surface area (Å²) in [4.78, 5) is 11.9. The molecular weight excluding hydrogens is 285 g/mol. The number of carbonyl (C=O) groups excluding carboxylic acids is 1. The highest BCUT2D eigenvalue weighted by Crippen LogP contribution is 2.32. The second kappa shape index (κ2) is 6.05. The van der Waals surface area contributed by atoms with E-state index in [-0.39, 0.29) is 24.8 Å². The number of rotatable bonds is 4. The highest BCUT2D eigenvalue weighted by atomic mass is 19.1. The van der Waals surface area contributed by atoms with Crippen LogP contribution < -0.4 is 14.8 Å². The summed E-state index contributed by atoms with van der Waals surface area (Å²) in [5.74, 6) is 0.772. The summed E-state index contributed by atoms with van der Waals surface area (Å²) in [7, 11) is 0. The number of nitrogens with one attached hydrogen (secondary N) is 1. The van der Waals surface area contributed by atoms with E-state index in [1.54, 1.807) is 19.1 Å².